The molecule has 128 valence electrons. The molecule has 0 saturated carbocycles. The zero-order chi connectivity index (χ0) is 18.4. The predicted octanol–water partition coefficient (Wildman–Crippen LogP) is 4.27. The molecule has 2 rings (SSSR count). The molecule has 0 unspecified atom stereocenters. The highest BCUT2D eigenvalue weighted by molar-refractivity contribution is 14.1. The fourth-order valence-corrected chi connectivity index (χ4v) is 4.14. The number of hydrogen-bond acceptors (Lipinski definition) is 3. The van der Waals surface area contributed by atoms with Crippen molar-refractivity contribution in [1.82, 2.24) is 5.32 Å². The highest BCUT2D eigenvalue weighted by Gasteiger charge is 2.12. The molecule has 0 aliphatic rings. The number of hydrogen-bond donors (Lipinski definition) is 1. The number of nitrogens with zero attached hydrogens (tertiary/aromatic N) is 1. The summed E-state index contributed by atoms with van der Waals surface area (Å²) in [6.07, 6.45) is 1.52. The van der Waals surface area contributed by atoms with E-state index >= 15 is 0 Å². The van der Waals surface area contributed by atoms with Gasteiger partial charge in [-0.3, -0.25) is 4.79 Å². The number of carbonyl (C=O) groups is 1. The zero-order valence-corrected chi connectivity index (χ0v) is 17.5. The van der Waals surface area contributed by atoms with Crippen LogP contribution in [-0.2, 0) is 11.4 Å². The first kappa shape index (κ1) is 19.7. The molecule has 0 spiro atoms. The van der Waals surface area contributed by atoms with E-state index in [1.54, 1.807) is 30.3 Å². The van der Waals surface area contributed by atoms with E-state index < -0.39 is 5.91 Å². The summed E-state index contributed by atoms with van der Waals surface area (Å²) in [5.74, 6) is -0.108. The van der Waals surface area contributed by atoms with Gasteiger partial charge in [-0.2, -0.15) is 5.26 Å². The fraction of sp³-hybridized carbons (Fsp3) is 0.111. The number of benzene rings is 2. The summed E-state index contributed by atoms with van der Waals surface area (Å²) in [5, 5.41) is 11.5. The van der Waals surface area contributed by atoms with Crippen molar-refractivity contribution in [2.24, 2.45) is 0 Å². The molecule has 1 N–H and O–H groups in total. The normalized spacial score (nSPS) is 10.9. The number of halogens is 3. The molecule has 4 nitrogen and oxygen atoms in total. The summed E-state index contributed by atoms with van der Waals surface area (Å²) in [6.45, 7) is 0.121. The van der Waals surface area contributed by atoms with Gasteiger partial charge < -0.3 is 10.1 Å². The lowest BCUT2D eigenvalue weighted by Crippen LogP contribution is -2.19. The van der Waals surface area contributed by atoms with Crippen molar-refractivity contribution in [2.45, 2.75) is 6.61 Å². The Balaban J connectivity index is 2.26. The Morgan fingerprint density at radius 3 is 2.52 bits per heavy atom. The second kappa shape index (κ2) is 9.15. The molecule has 0 fully saturated rings. The second-order valence-electron chi connectivity index (χ2n) is 4.94. The third-order valence-electron chi connectivity index (χ3n) is 3.25. The second-order valence-corrected chi connectivity index (χ2v) is 7.27. The van der Waals surface area contributed by atoms with Gasteiger partial charge in [0.25, 0.3) is 5.91 Å². The zero-order valence-electron chi connectivity index (χ0n) is 13.1. The molecule has 2 aromatic carbocycles. The molecule has 0 aliphatic carbocycles. The number of ether oxygens (including phenoxy) is 1. The lowest BCUT2D eigenvalue weighted by molar-refractivity contribution is -0.116. The number of likely N-dealkylation sites (N-methyl/N-ethyl adjacent to an activating group) is 1. The molecule has 0 radical (unpaired) electrons. The first-order valence-corrected chi connectivity index (χ1v) is 9.31. The Bertz CT molecular complexity index is 853. The van der Waals surface area contributed by atoms with Crippen LogP contribution in [0.4, 0.5) is 4.39 Å². The van der Waals surface area contributed by atoms with Crippen molar-refractivity contribution in [3.05, 3.63) is 66.1 Å². The van der Waals surface area contributed by atoms with Crippen LogP contribution in [0, 0.1) is 24.3 Å². The maximum Gasteiger partial charge on any atom is 0.261 e. The van der Waals surface area contributed by atoms with Crippen molar-refractivity contribution in [3.63, 3.8) is 0 Å². The fourth-order valence-electron chi connectivity index (χ4n) is 2.02. The van der Waals surface area contributed by atoms with Crippen molar-refractivity contribution in [3.8, 4) is 11.8 Å². The molecule has 1 amide bonds. The Kier molecular flexibility index (Phi) is 7.19. The maximum atomic E-state index is 13.7. The predicted molar refractivity (Wildman–Crippen MR) is 110 cm³/mol. The minimum atomic E-state index is -0.438. The van der Waals surface area contributed by atoms with Gasteiger partial charge in [-0.15, -0.1) is 0 Å². The van der Waals surface area contributed by atoms with Crippen molar-refractivity contribution in [2.75, 3.05) is 7.05 Å². The van der Waals surface area contributed by atoms with Crippen LogP contribution in [0.1, 0.15) is 11.1 Å². The first-order chi connectivity index (χ1) is 12.0. The standard InChI is InChI=1S/C18H13FI2N2O2/c1-23-18(24)13(9-22)6-11-7-15(20)17(16(21)8-11)25-10-12-4-2-3-5-14(12)19/h2-8H,10H2,1H3,(H,23,24)/b13-6-. The molecule has 25 heavy (non-hydrogen) atoms. The molecule has 0 saturated heterocycles. The number of amides is 1. The summed E-state index contributed by atoms with van der Waals surface area (Å²) >= 11 is 4.22. The van der Waals surface area contributed by atoms with Gasteiger partial charge in [0.2, 0.25) is 0 Å². The van der Waals surface area contributed by atoms with E-state index in [9.17, 15) is 9.18 Å². The molecule has 0 atom stereocenters. The van der Waals surface area contributed by atoms with Crippen molar-refractivity contribution < 1.29 is 13.9 Å². The molecular weight excluding hydrogens is 549 g/mol. The molecular formula is C18H13FI2N2O2. The van der Waals surface area contributed by atoms with Gasteiger partial charge in [-0.05, 0) is 75.0 Å². The summed E-state index contributed by atoms with van der Waals surface area (Å²) in [7, 11) is 1.47. The SMILES string of the molecule is CNC(=O)/C(C#N)=C\c1cc(I)c(OCc2ccccc2F)c(I)c1. The summed E-state index contributed by atoms with van der Waals surface area (Å²) in [6, 6.07) is 11.9. The monoisotopic (exact) mass is 562 g/mol. The molecule has 0 heterocycles. The van der Waals surface area contributed by atoms with Crippen molar-refractivity contribution >= 4 is 57.2 Å². The van der Waals surface area contributed by atoms with E-state index in [4.69, 9.17) is 10.00 Å². The summed E-state index contributed by atoms with van der Waals surface area (Å²) in [4.78, 5) is 11.6. The Morgan fingerprint density at radius 1 is 1.32 bits per heavy atom. The molecule has 0 bridgehead atoms. The van der Waals surface area contributed by atoms with E-state index in [0.717, 1.165) is 7.14 Å². The largest absolute Gasteiger partial charge is 0.487 e. The molecule has 0 aromatic heterocycles. The van der Waals surface area contributed by atoms with E-state index in [-0.39, 0.29) is 18.0 Å². The number of carbonyl (C=O) groups excluding carboxylic acids is 1. The Labute approximate surface area is 172 Å². The average Bonchev–Trinajstić information content (AvgIpc) is 2.59. The van der Waals surface area contributed by atoms with Gasteiger partial charge in [0.1, 0.15) is 29.8 Å². The highest BCUT2D eigenvalue weighted by Crippen LogP contribution is 2.30. The molecule has 7 heteroatoms. The summed E-state index contributed by atoms with van der Waals surface area (Å²) < 4.78 is 21.1. The Morgan fingerprint density at radius 2 is 1.96 bits per heavy atom. The number of nitrogens with one attached hydrogen (secondary N) is 1. The third-order valence-corrected chi connectivity index (χ3v) is 4.86. The first-order valence-electron chi connectivity index (χ1n) is 7.15. The van der Waals surface area contributed by atoms with Crippen LogP contribution in [0.3, 0.4) is 0 Å². The molecule has 2 aromatic rings. The lowest BCUT2D eigenvalue weighted by atomic mass is 10.1. The smallest absolute Gasteiger partial charge is 0.261 e. The lowest BCUT2D eigenvalue weighted by Gasteiger charge is -2.12. The van der Waals surface area contributed by atoms with E-state index in [1.807, 2.05) is 6.07 Å². The Hall–Kier alpha value is -1.67. The minimum absolute atomic E-state index is 0.0223. The maximum absolute atomic E-state index is 13.7. The van der Waals surface area contributed by atoms with Crippen LogP contribution < -0.4 is 10.1 Å². The van der Waals surface area contributed by atoms with Gasteiger partial charge in [-0.1, -0.05) is 18.2 Å². The van der Waals surface area contributed by atoms with Crippen LogP contribution in [0.25, 0.3) is 6.08 Å². The molecule has 0 aliphatic heterocycles. The highest BCUT2D eigenvalue weighted by atomic mass is 127. The topological polar surface area (TPSA) is 62.1 Å². The quantitative estimate of drug-likeness (QED) is 0.337. The van der Waals surface area contributed by atoms with Crippen LogP contribution in [-0.4, -0.2) is 13.0 Å². The van der Waals surface area contributed by atoms with Gasteiger partial charge >= 0.3 is 0 Å². The average molecular weight is 562 g/mol. The number of nitriles is 1. The van der Waals surface area contributed by atoms with Crippen molar-refractivity contribution in [1.29, 1.82) is 5.26 Å². The van der Waals surface area contributed by atoms with E-state index in [1.165, 1.54) is 19.2 Å². The summed E-state index contributed by atoms with van der Waals surface area (Å²) in [5.41, 5.74) is 1.21. The number of rotatable bonds is 5. The minimum Gasteiger partial charge on any atom is -0.487 e. The van der Waals surface area contributed by atoms with E-state index in [0.29, 0.717) is 16.9 Å². The van der Waals surface area contributed by atoms with Crippen LogP contribution in [0.5, 0.6) is 5.75 Å². The van der Waals surface area contributed by atoms with Gasteiger partial charge in [0.05, 0.1) is 7.14 Å². The van der Waals surface area contributed by atoms with Gasteiger partial charge in [0, 0.05) is 12.6 Å². The van der Waals surface area contributed by atoms with Gasteiger partial charge in [0.15, 0.2) is 0 Å². The van der Waals surface area contributed by atoms with E-state index in [2.05, 4.69) is 50.5 Å². The van der Waals surface area contributed by atoms with Gasteiger partial charge in [-0.25, -0.2) is 4.39 Å². The third kappa shape index (κ3) is 5.15. The van der Waals surface area contributed by atoms with Crippen LogP contribution in [0.15, 0.2) is 42.0 Å². The van der Waals surface area contributed by atoms with Crippen LogP contribution in [0.2, 0.25) is 0 Å². The van der Waals surface area contributed by atoms with Crippen LogP contribution >= 0.6 is 45.2 Å².